The summed E-state index contributed by atoms with van der Waals surface area (Å²) < 4.78 is 7.76. The van der Waals surface area contributed by atoms with Crippen LogP contribution in [0, 0.1) is 5.92 Å². The number of aromatic nitrogens is 3. The smallest absolute Gasteiger partial charge is 0.227 e. The molecule has 120 valence electrons. The molecule has 1 aromatic carbocycles. The van der Waals surface area contributed by atoms with Gasteiger partial charge in [-0.05, 0) is 36.6 Å². The normalized spacial score (nSPS) is 18.9. The molecule has 0 unspecified atom stereocenters. The van der Waals surface area contributed by atoms with E-state index in [1.165, 1.54) is 0 Å². The molecule has 6 nitrogen and oxygen atoms in total. The van der Waals surface area contributed by atoms with Gasteiger partial charge in [0.25, 0.3) is 0 Å². The molecule has 3 heterocycles. The van der Waals surface area contributed by atoms with Gasteiger partial charge in [0.05, 0.1) is 12.5 Å². The first-order valence-electron chi connectivity index (χ1n) is 7.80. The molecule has 1 atom stereocenters. The lowest BCUT2D eigenvalue weighted by molar-refractivity contribution is -0.126. The van der Waals surface area contributed by atoms with Crippen molar-refractivity contribution in [3.05, 3.63) is 40.4 Å². The van der Waals surface area contributed by atoms with E-state index in [4.69, 9.17) is 16.3 Å². The number of hydrogen-bond donors (Lipinski definition) is 1. The van der Waals surface area contributed by atoms with E-state index in [1.54, 1.807) is 6.07 Å². The standard InChI is InChI=1S/C16H17ClN4O2/c17-12-3-4-13-10(7-12)6-11(9-23-13)16(22)18-8-15-20-19-14-2-1-5-21(14)15/h3-4,7,11H,1-2,5-6,8-9H2,(H,18,22)/t11-/m1/s1. The van der Waals surface area contributed by atoms with Crippen LogP contribution in [0.4, 0.5) is 0 Å². The maximum atomic E-state index is 12.4. The van der Waals surface area contributed by atoms with E-state index in [1.807, 2.05) is 12.1 Å². The number of amides is 1. The summed E-state index contributed by atoms with van der Waals surface area (Å²) in [5.41, 5.74) is 0.979. The molecule has 0 saturated carbocycles. The lowest BCUT2D eigenvalue weighted by Gasteiger charge is -2.24. The summed E-state index contributed by atoms with van der Waals surface area (Å²) >= 11 is 6.01. The number of hydrogen-bond acceptors (Lipinski definition) is 4. The molecule has 0 fully saturated rings. The molecule has 0 bridgehead atoms. The van der Waals surface area contributed by atoms with Crippen LogP contribution in [0.2, 0.25) is 5.02 Å². The van der Waals surface area contributed by atoms with E-state index in [9.17, 15) is 4.79 Å². The molecule has 1 N–H and O–H groups in total. The average molecular weight is 333 g/mol. The molecule has 23 heavy (non-hydrogen) atoms. The van der Waals surface area contributed by atoms with E-state index < -0.39 is 0 Å². The maximum Gasteiger partial charge on any atom is 0.227 e. The van der Waals surface area contributed by atoms with Crippen LogP contribution in [-0.2, 0) is 30.7 Å². The molecular formula is C16H17ClN4O2. The molecule has 1 amide bonds. The monoisotopic (exact) mass is 332 g/mol. The predicted octanol–water partition coefficient (Wildman–Crippen LogP) is 1.75. The number of aryl methyl sites for hydroxylation is 1. The number of halogens is 1. The number of rotatable bonds is 3. The Morgan fingerprint density at radius 1 is 1.43 bits per heavy atom. The Labute approximate surface area is 138 Å². The van der Waals surface area contributed by atoms with Gasteiger partial charge in [-0.1, -0.05) is 11.6 Å². The Morgan fingerprint density at radius 3 is 3.26 bits per heavy atom. The number of nitrogens with one attached hydrogen (secondary N) is 1. The highest BCUT2D eigenvalue weighted by Gasteiger charge is 2.26. The van der Waals surface area contributed by atoms with Gasteiger partial charge < -0.3 is 14.6 Å². The second-order valence-corrected chi connectivity index (χ2v) is 6.41. The van der Waals surface area contributed by atoms with Crippen LogP contribution in [0.15, 0.2) is 18.2 Å². The number of carbonyl (C=O) groups excluding carboxylic acids is 1. The zero-order valence-corrected chi connectivity index (χ0v) is 13.3. The first kappa shape index (κ1) is 14.5. The Hall–Kier alpha value is -2.08. The van der Waals surface area contributed by atoms with E-state index in [2.05, 4.69) is 20.1 Å². The summed E-state index contributed by atoms with van der Waals surface area (Å²) in [7, 11) is 0. The van der Waals surface area contributed by atoms with E-state index >= 15 is 0 Å². The number of carbonyl (C=O) groups is 1. The Morgan fingerprint density at radius 2 is 2.35 bits per heavy atom. The summed E-state index contributed by atoms with van der Waals surface area (Å²) in [6.45, 7) is 1.73. The largest absolute Gasteiger partial charge is 0.492 e. The summed E-state index contributed by atoms with van der Waals surface area (Å²) in [6, 6.07) is 5.51. The zero-order chi connectivity index (χ0) is 15.8. The molecule has 7 heteroatoms. The SMILES string of the molecule is O=C(NCc1nnc2n1CCC2)[C@H]1COc2ccc(Cl)cc2C1. The number of fused-ring (bicyclic) bond motifs is 2. The molecule has 2 aliphatic heterocycles. The first-order chi connectivity index (χ1) is 11.2. The van der Waals surface area contributed by atoms with E-state index in [-0.39, 0.29) is 11.8 Å². The number of benzene rings is 1. The van der Waals surface area contributed by atoms with Crippen LogP contribution in [0.5, 0.6) is 5.75 Å². The van der Waals surface area contributed by atoms with Gasteiger partial charge in [0, 0.05) is 18.0 Å². The van der Waals surface area contributed by atoms with Gasteiger partial charge in [-0.25, -0.2) is 0 Å². The zero-order valence-electron chi connectivity index (χ0n) is 12.6. The minimum atomic E-state index is -0.207. The van der Waals surface area contributed by atoms with E-state index in [0.717, 1.165) is 42.3 Å². The van der Waals surface area contributed by atoms with Crippen LogP contribution in [0.25, 0.3) is 0 Å². The number of ether oxygens (including phenoxy) is 1. The average Bonchev–Trinajstić information content (AvgIpc) is 3.15. The van der Waals surface area contributed by atoms with Gasteiger partial charge in [-0.15, -0.1) is 10.2 Å². The Balaban J connectivity index is 1.40. The van der Waals surface area contributed by atoms with Gasteiger partial charge in [-0.2, -0.15) is 0 Å². The third-order valence-electron chi connectivity index (χ3n) is 4.41. The highest BCUT2D eigenvalue weighted by Crippen LogP contribution is 2.29. The molecule has 4 rings (SSSR count). The lowest BCUT2D eigenvalue weighted by Crippen LogP contribution is -2.37. The highest BCUT2D eigenvalue weighted by atomic mass is 35.5. The second-order valence-electron chi connectivity index (χ2n) is 5.97. The van der Waals surface area contributed by atoms with E-state index in [0.29, 0.717) is 24.6 Å². The van der Waals surface area contributed by atoms with Crippen molar-refractivity contribution in [2.75, 3.05) is 6.61 Å². The van der Waals surface area contributed by atoms with Crippen LogP contribution in [-0.4, -0.2) is 27.3 Å². The van der Waals surface area contributed by atoms with Crippen molar-refractivity contribution in [1.82, 2.24) is 20.1 Å². The van der Waals surface area contributed by atoms with Gasteiger partial charge in [0.1, 0.15) is 18.2 Å². The lowest BCUT2D eigenvalue weighted by atomic mass is 9.96. The Kier molecular flexibility index (Phi) is 3.69. The maximum absolute atomic E-state index is 12.4. The van der Waals surface area contributed by atoms with Crippen LogP contribution >= 0.6 is 11.6 Å². The molecular weight excluding hydrogens is 316 g/mol. The molecule has 2 aromatic rings. The fourth-order valence-electron chi connectivity index (χ4n) is 3.18. The fraction of sp³-hybridized carbons (Fsp3) is 0.438. The first-order valence-corrected chi connectivity index (χ1v) is 8.18. The number of nitrogens with zero attached hydrogens (tertiary/aromatic N) is 3. The minimum absolute atomic E-state index is 0.0222. The van der Waals surface area contributed by atoms with Crippen molar-refractivity contribution < 1.29 is 9.53 Å². The van der Waals surface area contributed by atoms with Crippen LogP contribution in [0.1, 0.15) is 23.6 Å². The third-order valence-corrected chi connectivity index (χ3v) is 4.64. The van der Waals surface area contributed by atoms with Gasteiger partial charge >= 0.3 is 0 Å². The van der Waals surface area contributed by atoms with Gasteiger partial charge in [-0.3, -0.25) is 4.79 Å². The summed E-state index contributed by atoms with van der Waals surface area (Å²) in [5, 5.41) is 11.9. The van der Waals surface area contributed by atoms with Crippen molar-refractivity contribution in [3.8, 4) is 5.75 Å². The molecule has 0 spiro atoms. The summed E-state index contributed by atoms with van der Waals surface area (Å²) in [5.74, 6) is 2.42. The van der Waals surface area contributed by atoms with Crippen molar-refractivity contribution in [3.63, 3.8) is 0 Å². The summed E-state index contributed by atoms with van der Waals surface area (Å²) in [6.07, 6.45) is 2.70. The quantitative estimate of drug-likeness (QED) is 0.929. The summed E-state index contributed by atoms with van der Waals surface area (Å²) in [4.78, 5) is 12.4. The minimum Gasteiger partial charge on any atom is -0.492 e. The third kappa shape index (κ3) is 2.79. The van der Waals surface area contributed by atoms with Crippen molar-refractivity contribution in [2.24, 2.45) is 5.92 Å². The van der Waals surface area contributed by atoms with Crippen molar-refractivity contribution in [1.29, 1.82) is 0 Å². The fourth-order valence-corrected chi connectivity index (χ4v) is 3.38. The molecule has 2 aliphatic rings. The van der Waals surface area contributed by atoms with Gasteiger partial charge in [0.2, 0.25) is 5.91 Å². The topological polar surface area (TPSA) is 69.0 Å². The highest BCUT2D eigenvalue weighted by molar-refractivity contribution is 6.30. The van der Waals surface area contributed by atoms with Crippen molar-refractivity contribution >= 4 is 17.5 Å². The molecule has 1 aromatic heterocycles. The van der Waals surface area contributed by atoms with Crippen molar-refractivity contribution in [2.45, 2.75) is 32.4 Å². The van der Waals surface area contributed by atoms with Crippen LogP contribution < -0.4 is 10.1 Å². The van der Waals surface area contributed by atoms with Crippen LogP contribution in [0.3, 0.4) is 0 Å². The molecule has 0 radical (unpaired) electrons. The second kappa shape index (κ2) is 5.85. The predicted molar refractivity (Wildman–Crippen MR) is 84.3 cm³/mol. The molecule has 0 aliphatic carbocycles. The molecule has 0 saturated heterocycles. The van der Waals surface area contributed by atoms with Gasteiger partial charge in [0.15, 0.2) is 5.82 Å². The Bertz CT molecular complexity index is 759.